The molecule has 2 rings (SSSR count). The van der Waals surface area contributed by atoms with Crippen molar-refractivity contribution in [3.8, 4) is 0 Å². The second-order valence-corrected chi connectivity index (χ2v) is 4.63. The molecule has 0 aromatic carbocycles. The van der Waals surface area contributed by atoms with E-state index in [9.17, 15) is 4.79 Å². The third kappa shape index (κ3) is 2.49. The number of piperidine rings is 1. The average Bonchev–Trinajstić information content (AvgIpc) is 2.33. The number of hydrogen-bond donors (Lipinski definition) is 1. The molecule has 0 atom stereocenters. The van der Waals surface area contributed by atoms with Crippen molar-refractivity contribution in [3.05, 3.63) is 17.0 Å². The monoisotopic (exact) mass is 254 g/mol. The number of primary amides is 1. The van der Waals surface area contributed by atoms with Crippen molar-refractivity contribution in [2.24, 2.45) is 11.7 Å². The van der Waals surface area contributed by atoms with Crippen molar-refractivity contribution in [1.29, 1.82) is 0 Å². The van der Waals surface area contributed by atoms with Crippen molar-refractivity contribution >= 4 is 23.3 Å². The predicted molar refractivity (Wildman–Crippen MR) is 65.9 cm³/mol. The van der Waals surface area contributed by atoms with Crippen LogP contribution >= 0.6 is 11.6 Å². The Morgan fingerprint density at radius 2 is 2.12 bits per heavy atom. The highest BCUT2D eigenvalue weighted by Gasteiger charge is 2.24. The first-order valence-electron chi connectivity index (χ1n) is 5.61. The van der Waals surface area contributed by atoms with Gasteiger partial charge < -0.3 is 10.6 Å². The minimum Gasteiger partial charge on any atom is -0.369 e. The van der Waals surface area contributed by atoms with E-state index in [4.69, 9.17) is 17.3 Å². The van der Waals surface area contributed by atoms with Crippen molar-refractivity contribution in [1.82, 2.24) is 9.97 Å². The van der Waals surface area contributed by atoms with Gasteiger partial charge in [-0.1, -0.05) is 11.6 Å². The van der Waals surface area contributed by atoms with Crippen LogP contribution < -0.4 is 10.6 Å². The van der Waals surface area contributed by atoms with Gasteiger partial charge in [0, 0.05) is 24.6 Å². The lowest BCUT2D eigenvalue weighted by Gasteiger charge is -2.32. The van der Waals surface area contributed by atoms with Crippen LogP contribution in [0.4, 0.5) is 5.82 Å². The molecule has 1 amide bonds. The molecule has 92 valence electrons. The quantitative estimate of drug-likeness (QED) is 0.804. The first-order chi connectivity index (χ1) is 8.09. The summed E-state index contributed by atoms with van der Waals surface area (Å²) in [7, 11) is 0. The van der Waals surface area contributed by atoms with E-state index < -0.39 is 0 Å². The third-order valence-corrected chi connectivity index (χ3v) is 3.57. The molecule has 1 aromatic heterocycles. The van der Waals surface area contributed by atoms with Crippen LogP contribution in [0.2, 0.25) is 5.15 Å². The number of halogens is 1. The zero-order valence-corrected chi connectivity index (χ0v) is 10.4. The Hall–Kier alpha value is -1.36. The summed E-state index contributed by atoms with van der Waals surface area (Å²) in [5.41, 5.74) is 6.18. The van der Waals surface area contributed by atoms with Crippen LogP contribution in [-0.2, 0) is 4.79 Å². The molecule has 0 radical (unpaired) electrons. The van der Waals surface area contributed by atoms with Gasteiger partial charge in [-0.2, -0.15) is 0 Å². The predicted octanol–water partition coefficient (Wildman–Crippen LogP) is 1.14. The first-order valence-corrected chi connectivity index (χ1v) is 5.98. The maximum atomic E-state index is 11.1. The smallest absolute Gasteiger partial charge is 0.220 e. The van der Waals surface area contributed by atoms with E-state index in [0.717, 1.165) is 37.3 Å². The van der Waals surface area contributed by atoms with E-state index >= 15 is 0 Å². The summed E-state index contributed by atoms with van der Waals surface area (Å²) in [6.45, 7) is 3.46. The number of anilines is 1. The molecule has 2 N–H and O–H groups in total. The number of aromatic nitrogens is 2. The van der Waals surface area contributed by atoms with E-state index in [1.54, 1.807) is 0 Å². The van der Waals surface area contributed by atoms with Crippen LogP contribution in [0.15, 0.2) is 6.33 Å². The highest BCUT2D eigenvalue weighted by molar-refractivity contribution is 6.30. The van der Waals surface area contributed by atoms with Gasteiger partial charge in [0.1, 0.15) is 17.3 Å². The minimum atomic E-state index is -0.206. The van der Waals surface area contributed by atoms with Crippen molar-refractivity contribution in [2.75, 3.05) is 18.0 Å². The Balaban J connectivity index is 2.10. The molecule has 1 aliphatic heterocycles. The zero-order valence-electron chi connectivity index (χ0n) is 9.69. The van der Waals surface area contributed by atoms with Gasteiger partial charge in [-0.05, 0) is 19.8 Å². The summed E-state index contributed by atoms with van der Waals surface area (Å²) >= 11 is 5.96. The molecule has 0 saturated carbocycles. The second kappa shape index (κ2) is 4.87. The molecule has 1 aliphatic rings. The summed E-state index contributed by atoms with van der Waals surface area (Å²) in [5.74, 6) is 0.638. The maximum Gasteiger partial charge on any atom is 0.220 e. The molecule has 0 unspecified atom stereocenters. The summed E-state index contributed by atoms with van der Waals surface area (Å²) in [4.78, 5) is 21.4. The van der Waals surface area contributed by atoms with Gasteiger partial charge in [-0.25, -0.2) is 9.97 Å². The van der Waals surface area contributed by atoms with Crippen LogP contribution in [-0.4, -0.2) is 29.0 Å². The third-order valence-electron chi connectivity index (χ3n) is 3.19. The molecule has 17 heavy (non-hydrogen) atoms. The van der Waals surface area contributed by atoms with Crippen molar-refractivity contribution in [3.63, 3.8) is 0 Å². The lowest BCUT2D eigenvalue weighted by molar-refractivity contribution is -0.122. The largest absolute Gasteiger partial charge is 0.369 e. The lowest BCUT2D eigenvalue weighted by Crippen LogP contribution is -2.39. The van der Waals surface area contributed by atoms with Crippen LogP contribution in [0.25, 0.3) is 0 Å². The Morgan fingerprint density at radius 1 is 1.47 bits per heavy atom. The summed E-state index contributed by atoms with van der Waals surface area (Å²) < 4.78 is 0. The van der Waals surface area contributed by atoms with E-state index in [0.29, 0.717) is 5.15 Å². The molecule has 1 fully saturated rings. The van der Waals surface area contributed by atoms with Crippen LogP contribution in [0, 0.1) is 12.8 Å². The number of nitrogens with two attached hydrogens (primary N) is 1. The zero-order chi connectivity index (χ0) is 12.4. The van der Waals surface area contributed by atoms with Gasteiger partial charge >= 0.3 is 0 Å². The molecule has 1 saturated heterocycles. The average molecular weight is 255 g/mol. The molecule has 2 heterocycles. The van der Waals surface area contributed by atoms with Gasteiger partial charge in [-0.3, -0.25) is 4.79 Å². The topological polar surface area (TPSA) is 72.1 Å². The van der Waals surface area contributed by atoms with Gasteiger partial charge in [0.2, 0.25) is 5.91 Å². The number of carbonyl (C=O) groups excluding carboxylic acids is 1. The fourth-order valence-electron chi connectivity index (χ4n) is 2.11. The van der Waals surface area contributed by atoms with Gasteiger partial charge in [0.15, 0.2) is 0 Å². The SMILES string of the molecule is Cc1c(Cl)ncnc1N1CCC(C(N)=O)CC1. The second-order valence-electron chi connectivity index (χ2n) is 4.28. The molecular formula is C11H15ClN4O. The molecule has 6 heteroatoms. The molecule has 1 aromatic rings. The standard InChI is InChI=1S/C11H15ClN4O/c1-7-9(12)14-6-15-11(7)16-4-2-8(3-5-16)10(13)17/h6,8H,2-5H2,1H3,(H2,13,17). The summed E-state index contributed by atoms with van der Waals surface area (Å²) in [5, 5.41) is 0.479. The number of hydrogen-bond acceptors (Lipinski definition) is 4. The molecule has 5 nitrogen and oxygen atoms in total. The molecular weight excluding hydrogens is 240 g/mol. The minimum absolute atomic E-state index is 0.0103. The Morgan fingerprint density at radius 3 is 2.71 bits per heavy atom. The van der Waals surface area contributed by atoms with E-state index in [-0.39, 0.29) is 11.8 Å². The lowest BCUT2D eigenvalue weighted by atomic mass is 9.96. The number of carbonyl (C=O) groups is 1. The normalized spacial score (nSPS) is 17.2. The highest BCUT2D eigenvalue weighted by Crippen LogP contribution is 2.26. The Labute approximate surface area is 105 Å². The van der Waals surface area contributed by atoms with E-state index in [2.05, 4.69) is 14.9 Å². The van der Waals surface area contributed by atoms with Crippen LogP contribution in [0.5, 0.6) is 0 Å². The van der Waals surface area contributed by atoms with E-state index in [1.807, 2.05) is 6.92 Å². The highest BCUT2D eigenvalue weighted by atomic mass is 35.5. The first kappa shape index (κ1) is 12.1. The fourth-order valence-corrected chi connectivity index (χ4v) is 2.24. The Bertz CT molecular complexity index is 429. The van der Waals surface area contributed by atoms with Gasteiger partial charge in [-0.15, -0.1) is 0 Å². The maximum absolute atomic E-state index is 11.1. The number of amides is 1. The number of rotatable bonds is 2. The molecule has 0 aliphatic carbocycles. The van der Waals surface area contributed by atoms with Crippen molar-refractivity contribution in [2.45, 2.75) is 19.8 Å². The number of nitrogens with zero attached hydrogens (tertiary/aromatic N) is 3. The summed E-state index contributed by atoms with van der Waals surface area (Å²) in [6, 6.07) is 0. The van der Waals surface area contributed by atoms with E-state index in [1.165, 1.54) is 6.33 Å². The van der Waals surface area contributed by atoms with Crippen molar-refractivity contribution < 1.29 is 4.79 Å². The molecule has 0 spiro atoms. The summed E-state index contributed by atoms with van der Waals surface area (Å²) in [6.07, 6.45) is 3.01. The molecule has 0 bridgehead atoms. The van der Waals surface area contributed by atoms with Gasteiger partial charge in [0.05, 0.1) is 0 Å². The fraction of sp³-hybridized carbons (Fsp3) is 0.545. The van der Waals surface area contributed by atoms with Crippen LogP contribution in [0.3, 0.4) is 0 Å². The van der Waals surface area contributed by atoms with Gasteiger partial charge in [0.25, 0.3) is 0 Å². The Kier molecular flexibility index (Phi) is 3.47. The van der Waals surface area contributed by atoms with Crippen LogP contribution in [0.1, 0.15) is 18.4 Å².